The van der Waals surface area contributed by atoms with Crippen LogP contribution in [0.25, 0.3) is 0 Å². The average Bonchev–Trinajstić information content (AvgIpc) is 2.76. The zero-order valence-electron chi connectivity index (χ0n) is 16.3. The second-order valence-corrected chi connectivity index (χ2v) is 6.84. The first-order chi connectivity index (χ1) is 14.5. The lowest BCUT2D eigenvalue weighted by Crippen LogP contribution is -2.20. The predicted octanol–water partition coefficient (Wildman–Crippen LogP) is 4.43. The number of anilines is 1. The smallest absolute Gasteiger partial charge is 0.271 e. The molecule has 0 atom stereocenters. The van der Waals surface area contributed by atoms with Gasteiger partial charge in [0, 0.05) is 16.3 Å². The maximum absolute atomic E-state index is 12.0. The second-order valence-electron chi connectivity index (χ2n) is 6.44. The minimum atomic E-state index is -0.288. The van der Waals surface area contributed by atoms with E-state index in [0.717, 1.165) is 11.1 Å². The highest BCUT2D eigenvalue weighted by Crippen LogP contribution is 2.20. The van der Waals surface area contributed by atoms with Gasteiger partial charge in [-0.3, -0.25) is 9.59 Å². The molecule has 0 heterocycles. The quantitative estimate of drug-likeness (QED) is 0.437. The van der Waals surface area contributed by atoms with Gasteiger partial charge >= 0.3 is 0 Å². The first-order valence-corrected chi connectivity index (χ1v) is 9.56. The van der Waals surface area contributed by atoms with Crippen LogP contribution < -0.4 is 15.5 Å². The van der Waals surface area contributed by atoms with Crippen molar-refractivity contribution in [3.05, 3.63) is 94.5 Å². The molecule has 2 amide bonds. The van der Waals surface area contributed by atoms with Crippen LogP contribution >= 0.6 is 11.6 Å². The van der Waals surface area contributed by atoms with Crippen molar-refractivity contribution in [3.8, 4) is 5.75 Å². The van der Waals surface area contributed by atoms with Gasteiger partial charge in [0.15, 0.2) is 6.61 Å². The molecule has 7 heteroatoms. The van der Waals surface area contributed by atoms with E-state index in [9.17, 15) is 9.59 Å². The van der Waals surface area contributed by atoms with Crippen LogP contribution in [-0.2, 0) is 4.79 Å². The van der Waals surface area contributed by atoms with Gasteiger partial charge in [-0.25, -0.2) is 5.43 Å². The molecule has 0 spiro atoms. The highest BCUT2D eigenvalue weighted by atomic mass is 35.5. The first kappa shape index (κ1) is 21.1. The van der Waals surface area contributed by atoms with Crippen LogP contribution in [-0.4, -0.2) is 24.6 Å². The van der Waals surface area contributed by atoms with Crippen molar-refractivity contribution in [3.63, 3.8) is 0 Å². The Morgan fingerprint density at radius 2 is 1.77 bits per heavy atom. The third kappa shape index (κ3) is 6.18. The lowest BCUT2D eigenvalue weighted by Gasteiger charge is -2.08. The number of ether oxygens (including phenoxy) is 1. The minimum absolute atomic E-state index is 0.133. The molecule has 3 aromatic rings. The summed E-state index contributed by atoms with van der Waals surface area (Å²) in [7, 11) is 0. The molecule has 152 valence electrons. The van der Waals surface area contributed by atoms with E-state index in [1.807, 2.05) is 19.1 Å². The molecule has 0 fully saturated rings. The number of amides is 2. The number of aryl methyl sites for hydroxylation is 1. The minimum Gasteiger partial charge on any atom is -0.484 e. The Labute approximate surface area is 179 Å². The molecule has 0 saturated heterocycles. The standard InChI is InChI=1S/C23H20ClN3O3/c1-16-7-10-19(13-21(16)24)26-22(28)15-30-20-11-8-17(9-12-20)14-25-27-23(29)18-5-3-2-4-6-18/h2-14H,15H2,1H3,(H,26,28)(H,27,29)/b25-14+. The van der Waals surface area contributed by atoms with E-state index in [1.165, 1.54) is 6.21 Å². The van der Waals surface area contributed by atoms with Gasteiger partial charge in [0.25, 0.3) is 11.8 Å². The van der Waals surface area contributed by atoms with E-state index in [4.69, 9.17) is 16.3 Å². The highest BCUT2D eigenvalue weighted by Gasteiger charge is 2.06. The van der Waals surface area contributed by atoms with Gasteiger partial charge in [0.1, 0.15) is 5.75 Å². The summed E-state index contributed by atoms with van der Waals surface area (Å²) in [4.78, 5) is 23.9. The lowest BCUT2D eigenvalue weighted by molar-refractivity contribution is -0.118. The monoisotopic (exact) mass is 421 g/mol. The van der Waals surface area contributed by atoms with Crippen LogP contribution in [0.4, 0.5) is 5.69 Å². The summed E-state index contributed by atoms with van der Waals surface area (Å²) in [6, 6.07) is 21.1. The van der Waals surface area contributed by atoms with E-state index in [1.54, 1.807) is 60.7 Å². The molecular formula is C23H20ClN3O3. The van der Waals surface area contributed by atoms with Crippen LogP contribution in [0.5, 0.6) is 5.75 Å². The number of nitrogens with zero attached hydrogens (tertiary/aromatic N) is 1. The number of carbonyl (C=O) groups excluding carboxylic acids is 2. The van der Waals surface area contributed by atoms with Crippen LogP contribution in [0.1, 0.15) is 21.5 Å². The number of hydrazone groups is 1. The second kappa shape index (κ2) is 10.2. The van der Waals surface area contributed by atoms with Crippen LogP contribution in [0.2, 0.25) is 5.02 Å². The number of hydrogen-bond donors (Lipinski definition) is 2. The zero-order chi connectivity index (χ0) is 21.3. The number of rotatable bonds is 7. The number of benzene rings is 3. The summed E-state index contributed by atoms with van der Waals surface area (Å²) in [5.74, 6) is -0.0329. The maximum atomic E-state index is 12.0. The van der Waals surface area contributed by atoms with Crippen molar-refractivity contribution < 1.29 is 14.3 Å². The van der Waals surface area contributed by atoms with Gasteiger partial charge in [-0.05, 0) is 66.6 Å². The summed E-state index contributed by atoms with van der Waals surface area (Å²) < 4.78 is 5.49. The molecular weight excluding hydrogens is 402 g/mol. The molecule has 0 unspecified atom stereocenters. The molecule has 0 aliphatic carbocycles. The zero-order valence-corrected chi connectivity index (χ0v) is 17.0. The SMILES string of the molecule is Cc1ccc(NC(=O)COc2ccc(/C=N/NC(=O)c3ccccc3)cc2)cc1Cl. The molecule has 3 aromatic carbocycles. The van der Waals surface area contributed by atoms with Gasteiger partial charge in [-0.2, -0.15) is 5.10 Å². The van der Waals surface area contributed by atoms with Crippen molar-refractivity contribution in [2.75, 3.05) is 11.9 Å². The van der Waals surface area contributed by atoms with E-state index >= 15 is 0 Å². The normalized spacial score (nSPS) is 10.6. The largest absolute Gasteiger partial charge is 0.484 e. The lowest BCUT2D eigenvalue weighted by atomic mass is 10.2. The Bertz CT molecular complexity index is 1050. The Morgan fingerprint density at radius 3 is 2.47 bits per heavy atom. The van der Waals surface area contributed by atoms with Crippen LogP contribution in [0.15, 0.2) is 77.9 Å². The Morgan fingerprint density at radius 1 is 1.03 bits per heavy atom. The van der Waals surface area contributed by atoms with Crippen molar-refractivity contribution in [2.45, 2.75) is 6.92 Å². The van der Waals surface area contributed by atoms with Gasteiger partial charge in [-0.15, -0.1) is 0 Å². The van der Waals surface area contributed by atoms with Gasteiger partial charge < -0.3 is 10.1 Å². The molecule has 0 aromatic heterocycles. The number of carbonyl (C=O) groups is 2. The summed E-state index contributed by atoms with van der Waals surface area (Å²) in [6.45, 7) is 1.76. The molecule has 0 bridgehead atoms. The molecule has 6 nitrogen and oxygen atoms in total. The first-order valence-electron chi connectivity index (χ1n) is 9.18. The fraction of sp³-hybridized carbons (Fsp3) is 0.0870. The topological polar surface area (TPSA) is 79.8 Å². The molecule has 3 rings (SSSR count). The van der Waals surface area contributed by atoms with E-state index in [0.29, 0.717) is 22.0 Å². The Kier molecular flexibility index (Phi) is 7.19. The van der Waals surface area contributed by atoms with Gasteiger partial charge in [-0.1, -0.05) is 35.9 Å². The number of hydrogen-bond acceptors (Lipinski definition) is 4. The number of nitrogens with one attached hydrogen (secondary N) is 2. The van der Waals surface area contributed by atoms with Crippen LogP contribution in [0.3, 0.4) is 0 Å². The Hall–Kier alpha value is -3.64. The third-order valence-corrected chi connectivity index (χ3v) is 4.53. The fourth-order valence-corrected chi connectivity index (χ4v) is 2.67. The van der Waals surface area contributed by atoms with E-state index in [-0.39, 0.29) is 18.4 Å². The van der Waals surface area contributed by atoms with Gasteiger partial charge in [0.2, 0.25) is 0 Å². The molecule has 2 N–H and O–H groups in total. The van der Waals surface area contributed by atoms with E-state index < -0.39 is 0 Å². The molecule has 30 heavy (non-hydrogen) atoms. The third-order valence-electron chi connectivity index (χ3n) is 4.12. The summed E-state index contributed by atoms with van der Waals surface area (Å²) in [5, 5.41) is 7.26. The Balaban J connectivity index is 1.46. The molecule has 0 radical (unpaired) electrons. The van der Waals surface area contributed by atoms with Crippen LogP contribution in [0, 0.1) is 6.92 Å². The van der Waals surface area contributed by atoms with Crippen molar-refractivity contribution >= 4 is 35.3 Å². The molecule has 0 aliphatic heterocycles. The van der Waals surface area contributed by atoms with Crippen molar-refractivity contribution in [2.24, 2.45) is 5.10 Å². The summed E-state index contributed by atoms with van der Waals surface area (Å²) in [6.07, 6.45) is 1.53. The molecule has 0 aliphatic rings. The number of halogens is 1. The highest BCUT2D eigenvalue weighted by molar-refractivity contribution is 6.31. The predicted molar refractivity (Wildman–Crippen MR) is 118 cm³/mol. The summed E-state index contributed by atoms with van der Waals surface area (Å²) in [5.41, 5.74) is 5.33. The van der Waals surface area contributed by atoms with Gasteiger partial charge in [0.05, 0.1) is 6.21 Å². The average molecular weight is 422 g/mol. The van der Waals surface area contributed by atoms with E-state index in [2.05, 4.69) is 15.8 Å². The molecule has 0 saturated carbocycles. The maximum Gasteiger partial charge on any atom is 0.271 e. The summed E-state index contributed by atoms with van der Waals surface area (Å²) >= 11 is 6.05. The van der Waals surface area contributed by atoms with Crippen molar-refractivity contribution in [1.82, 2.24) is 5.43 Å². The fourth-order valence-electron chi connectivity index (χ4n) is 2.49. The van der Waals surface area contributed by atoms with Crippen molar-refractivity contribution in [1.29, 1.82) is 0 Å².